The van der Waals surface area contributed by atoms with Crippen molar-refractivity contribution in [1.29, 1.82) is 0 Å². The number of aromatic nitrogens is 1. The molecule has 1 fully saturated rings. The Morgan fingerprint density at radius 1 is 1.52 bits per heavy atom. The molecule has 3 heterocycles. The predicted octanol–water partition coefficient (Wildman–Crippen LogP) is 3.48. The normalized spacial score (nSPS) is 22.5. The molecule has 1 saturated heterocycles. The Bertz CT molecular complexity index is 654. The lowest BCUT2D eigenvalue weighted by Gasteiger charge is -2.35. The largest absolute Gasteiger partial charge is 0.334 e. The monoisotopic (exact) mass is 341 g/mol. The van der Waals surface area contributed by atoms with Crippen LogP contribution in [-0.4, -0.2) is 34.4 Å². The van der Waals surface area contributed by atoms with Crippen molar-refractivity contribution < 1.29 is 4.79 Å². The molecule has 2 unspecified atom stereocenters. The summed E-state index contributed by atoms with van der Waals surface area (Å²) < 4.78 is 0.728. The molecule has 0 aliphatic carbocycles. The molecule has 1 aliphatic heterocycles. The quantitative estimate of drug-likeness (QED) is 0.909. The zero-order chi connectivity index (χ0) is 15.0. The molecule has 7 heteroatoms. The molecule has 2 aromatic rings. The van der Waals surface area contributed by atoms with E-state index < -0.39 is 0 Å². The van der Waals surface area contributed by atoms with Crippen molar-refractivity contribution in [3.05, 3.63) is 27.5 Å². The maximum absolute atomic E-state index is 12.6. The van der Waals surface area contributed by atoms with Gasteiger partial charge in [-0.15, -0.1) is 22.7 Å². The number of carbonyl (C=O) groups excluding carboxylic acids is 1. The number of rotatable bonds is 2. The van der Waals surface area contributed by atoms with E-state index in [0.717, 1.165) is 27.1 Å². The lowest BCUT2D eigenvalue weighted by atomic mass is 9.99. The Morgan fingerprint density at radius 2 is 2.33 bits per heavy atom. The van der Waals surface area contributed by atoms with Crippen LogP contribution in [0.15, 0.2) is 17.5 Å². The molecule has 0 aromatic carbocycles. The maximum atomic E-state index is 12.6. The van der Waals surface area contributed by atoms with Crippen LogP contribution in [0.2, 0.25) is 4.34 Å². The standard InChI is InChI=1S/C14H16ClN3OS2/c1-8-6-9(16)4-5-18(8)14(19)10-7-20-13(17-10)11-2-3-12(15)21-11/h2-3,7-9H,4-6,16H2,1H3. The number of hydrogen-bond donors (Lipinski definition) is 1. The first kappa shape index (κ1) is 15.0. The number of piperidine rings is 1. The van der Waals surface area contributed by atoms with Crippen molar-refractivity contribution in [3.63, 3.8) is 0 Å². The van der Waals surface area contributed by atoms with E-state index in [4.69, 9.17) is 17.3 Å². The van der Waals surface area contributed by atoms with E-state index in [1.807, 2.05) is 29.3 Å². The molecule has 4 nitrogen and oxygen atoms in total. The van der Waals surface area contributed by atoms with Crippen molar-refractivity contribution in [2.45, 2.75) is 31.8 Å². The number of nitrogens with two attached hydrogens (primary N) is 1. The number of halogens is 1. The summed E-state index contributed by atoms with van der Waals surface area (Å²) in [4.78, 5) is 19.9. The molecule has 1 amide bonds. The molecular weight excluding hydrogens is 326 g/mol. The minimum Gasteiger partial charge on any atom is -0.334 e. The molecule has 2 atom stereocenters. The molecule has 1 aliphatic rings. The zero-order valence-electron chi connectivity index (χ0n) is 11.6. The number of likely N-dealkylation sites (tertiary alicyclic amines) is 1. The number of hydrogen-bond acceptors (Lipinski definition) is 5. The fourth-order valence-electron chi connectivity index (χ4n) is 2.57. The average Bonchev–Trinajstić information content (AvgIpc) is 3.06. The van der Waals surface area contributed by atoms with Crippen molar-refractivity contribution in [3.8, 4) is 9.88 Å². The summed E-state index contributed by atoms with van der Waals surface area (Å²) in [7, 11) is 0. The van der Waals surface area contributed by atoms with Gasteiger partial charge in [-0.05, 0) is 31.9 Å². The summed E-state index contributed by atoms with van der Waals surface area (Å²) in [6.07, 6.45) is 1.71. The first-order valence-corrected chi connectivity index (χ1v) is 8.90. The third-order valence-corrected chi connectivity index (χ3v) is 5.93. The molecule has 2 N–H and O–H groups in total. The van der Waals surface area contributed by atoms with Crippen molar-refractivity contribution >= 4 is 40.2 Å². The second kappa shape index (κ2) is 6.04. The summed E-state index contributed by atoms with van der Waals surface area (Å²) in [6.45, 7) is 2.75. The van der Waals surface area contributed by atoms with Crippen LogP contribution >= 0.6 is 34.3 Å². The highest BCUT2D eigenvalue weighted by Gasteiger charge is 2.29. The van der Waals surface area contributed by atoms with E-state index >= 15 is 0 Å². The Kier molecular flexibility index (Phi) is 4.31. The molecular formula is C14H16ClN3OS2. The number of carbonyl (C=O) groups is 1. The van der Waals surface area contributed by atoms with Crippen molar-refractivity contribution in [1.82, 2.24) is 9.88 Å². The SMILES string of the molecule is CC1CC(N)CCN1C(=O)c1csc(-c2ccc(Cl)s2)n1. The van der Waals surface area contributed by atoms with Crippen LogP contribution in [0.5, 0.6) is 0 Å². The van der Waals surface area contributed by atoms with E-state index in [2.05, 4.69) is 4.98 Å². The van der Waals surface area contributed by atoms with Gasteiger partial charge in [-0.3, -0.25) is 4.79 Å². The molecule has 2 aromatic heterocycles. The summed E-state index contributed by atoms with van der Waals surface area (Å²) in [5.41, 5.74) is 6.46. The summed E-state index contributed by atoms with van der Waals surface area (Å²) in [5, 5.41) is 2.67. The van der Waals surface area contributed by atoms with E-state index in [0.29, 0.717) is 12.2 Å². The summed E-state index contributed by atoms with van der Waals surface area (Å²) in [5.74, 6) is -0.000414. The Labute approximate surface area is 136 Å². The third kappa shape index (κ3) is 3.13. The van der Waals surface area contributed by atoms with Gasteiger partial charge < -0.3 is 10.6 Å². The summed E-state index contributed by atoms with van der Waals surface area (Å²) >= 11 is 8.90. The first-order chi connectivity index (χ1) is 10.0. The lowest BCUT2D eigenvalue weighted by Crippen LogP contribution is -2.48. The minimum absolute atomic E-state index is 0.000414. The highest BCUT2D eigenvalue weighted by Crippen LogP contribution is 2.33. The second-order valence-electron chi connectivity index (χ2n) is 5.27. The van der Waals surface area contributed by atoms with Gasteiger partial charge in [0, 0.05) is 24.0 Å². The Balaban J connectivity index is 1.78. The van der Waals surface area contributed by atoms with Crippen molar-refractivity contribution in [2.75, 3.05) is 6.54 Å². The Hall–Kier alpha value is -0.950. The van der Waals surface area contributed by atoms with Gasteiger partial charge in [0.2, 0.25) is 0 Å². The van der Waals surface area contributed by atoms with Gasteiger partial charge in [0.25, 0.3) is 5.91 Å². The molecule has 21 heavy (non-hydrogen) atoms. The smallest absolute Gasteiger partial charge is 0.273 e. The van der Waals surface area contributed by atoms with Crippen LogP contribution in [0.1, 0.15) is 30.3 Å². The number of nitrogens with zero attached hydrogens (tertiary/aromatic N) is 2. The summed E-state index contributed by atoms with van der Waals surface area (Å²) in [6, 6.07) is 4.15. The van der Waals surface area contributed by atoms with E-state index in [1.165, 1.54) is 22.7 Å². The zero-order valence-corrected chi connectivity index (χ0v) is 14.0. The first-order valence-electron chi connectivity index (χ1n) is 6.82. The lowest BCUT2D eigenvalue weighted by molar-refractivity contribution is 0.0614. The molecule has 0 spiro atoms. The van der Waals surface area contributed by atoms with Crippen LogP contribution in [0.4, 0.5) is 0 Å². The maximum Gasteiger partial charge on any atom is 0.273 e. The molecule has 0 radical (unpaired) electrons. The fourth-order valence-corrected chi connectivity index (χ4v) is 4.48. The predicted molar refractivity (Wildman–Crippen MR) is 88.1 cm³/mol. The average molecular weight is 342 g/mol. The van der Waals surface area contributed by atoms with E-state index in [9.17, 15) is 4.79 Å². The topological polar surface area (TPSA) is 59.2 Å². The second-order valence-corrected chi connectivity index (χ2v) is 7.85. The van der Waals surface area contributed by atoms with Gasteiger partial charge in [0.1, 0.15) is 10.7 Å². The van der Waals surface area contributed by atoms with Crippen LogP contribution in [-0.2, 0) is 0 Å². The van der Waals surface area contributed by atoms with Crippen LogP contribution in [0, 0.1) is 0 Å². The Morgan fingerprint density at radius 3 is 3.00 bits per heavy atom. The van der Waals surface area contributed by atoms with Gasteiger partial charge in [-0.25, -0.2) is 4.98 Å². The van der Waals surface area contributed by atoms with E-state index in [1.54, 1.807) is 0 Å². The molecule has 112 valence electrons. The minimum atomic E-state index is -0.000414. The van der Waals surface area contributed by atoms with E-state index in [-0.39, 0.29) is 18.0 Å². The van der Waals surface area contributed by atoms with Gasteiger partial charge in [-0.2, -0.15) is 0 Å². The van der Waals surface area contributed by atoms with Gasteiger partial charge in [-0.1, -0.05) is 11.6 Å². The van der Waals surface area contributed by atoms with Crippen LogP contribution in [0.25, 0.3) is 9.88 Å². The number of thiophene rings is 1. The highest BCUT2D eigenvalue weighted by molar-refractivity contribution is 7.23. The molecule has 0 saturated carbocycles. The fraction of sp³-hybridized carbons (Fsp3) is 0.429. The highest BCUT2D eigenvalue weighted by atomic mass is 35.5. The van der Waals surface area contributed by atoms with Gasteiger partial charge >= 0.3 is 0 Å². The van der Waals surface area contributed by atoms with Crippen molar-refractivity contribution in [2.24, 2.45) is 5.73 Å². The van der Waals surface area contributed by atoms with Gasteiger partial charge in [0.15, 0.2) is 0 Å². The van der Waals surface area contributed by atoms with Crippen LogP contribution < -0.4 is 5.73 Å². The number of thiazole rings is 1. The molecule has 3 rings (SSSR count). The third-order valence-electron chi connectivity index (χ3n) is 3.68. The van der Waals surface area contributed by atoms with Crippen LogP contribution in [0.3, 0.4) is 0 Å². The number of amides is 1. The van der Waals surface area contributed by atoms with Gasteiger partial charge in [0.05, 0.1) is 9.21 Å². The molecule has 0 bridgehead atoms.